The summed E-state index contributed by atoms with van der Waals surface area (Å²) < 4.78 is 28.4. The summed E-state index contributed by atoms with van der Waals surface area (Å²) in [6.45, 7) is 0. The lowest BCUT2D eigenvalue weighted by molar-refractivity contribution is 0.493. The molecule has 0 fully saturated rings. The van der Waals surface area contributed by atoms with Crippen LogP contribution in [0.4, 0.5) is 11.4 Å². The van der Waals surface area contributed by atoms with Gasteiger partial charge in [-0.3, -0.25) is 0 Å². The monoisotopic (exact) mass is 396 g/mol. The van der Waals surface area contributed by atoms with Crippen LogP contribution in [-0.2, 0) is 10.1 Å². The van der Waals surface area contributed by atoms with Crippen molar-refractivity contribution in [2.75, 3.05) is 11.6 Å². The fourth-order valence-electron chi connectivity index (χ4n) is 2.64. The highest BCUT2D eigenvalue weighted by Crippen LogP contribution is 2.33. The maximum Gasteiger partial charge on any atom is 0.306 e. The molecule has 4 rings (SSSR count). The highest BCUT2D eigenvalue weighted by atomic mass is 32.2. The molecule has 0 atom stereocenters. The van der Waals surface area contributed by atoms with Crippen LogP contribution in [-0.4, -0.2) is 19.7 Å². The number of fused-ring (bicyclic) bond motifs is 1. The van der Waals surface area contributed by atoms with E-state index in [1.807, 2.05) is 54.6 Å². The molecule has 0 unspecified atom stereocenters. The van der Waals surface area contributed by atoms with Gasteiger partial charge in [0.25, 0.3) is 0 Å². The predicted molar refractivity (Wildman–Crippen MR) is 110 cm³/mol. The molecular weight excluding hydrogens is 380 g/mol. The van der Waals surface area contributed by atoms with Gasteiger partial charge in [0.15, 0.2) is 0 Å². The Bertz CT molecular complexity index is 1190. The Hall–Kier alpha value is -2.90. The lowest BCUT2D eigenvalue weighted by Gasteiger charge is -2.06. The van der Waals surface area contributed by atoms with E-state index < -0.39 is 10.1 Å². The number of rotatable bonds is 5. The van der Waals surface area contributed by atoms with Crippen molar-refractivity contribution < 1.29 is 12.6 Å². The molecule has 27 heavy (non-hydrogen) atoms. The van der Waals surface area contributed by atoms with E-state index >= 15 is 0 Å². The molecule has 5 nitrogen and oxygen atoms in total. The largest absolute Gasteiger partial charge is 0.383 e. The molecule has 0 spiro atoms. The smallest absolute Gasteiger partial charge is 0.306 e. The Labute approximate surface area is 161 Å². The van der Waals surface area contributed by atoms with Crippen LogP contribution in [0.1, 0.15) is 0 Å². The summed E-state index contributed by atoms with van der Waals surface area (Å²) in [7, 11) is -3.54. The summed E-state index contributed by atoms with van der Waals surface area (Å²) in [5.41, 5.74) is 3.83. The second-order valence-electron chi connectivity index (χ2n) is 6.00. The zero-order valence-electron chi connectivity index (χ0n) is 14.4. The number of aromatic nitrogens is 1. The van der Waals surface area contributed by atoms with Crippen LogP contribution in [0.15, 0.2) is 72.8 Å². The molecule has 1 N–H and O–H groups in total. The van der Waals surface area contributed by atoms with Gasteiger partial charge in [0.1, 0.15) is 10.8 Å². The second kappa shape index (κ2) is 7.02. The van der Waals surface area contributed by atoms with Gasteiger partial charge in [-0.2, -0.15) is 8.42 Å². The standard InChI is InChI=1S/C20H16N2O3S2/c1-27(23,24)25-17-11-12-18-19(13-17)26-20(22-18)14-7-9-16(10-8-14)21-15-5-3-2-4-6-15/h2-13,21H,1H3. The Morgan fingerprint density at radius 3 is 2.33 bits per heavy atom. The quantitative estimate of drug-likeness (QED) is 0.478. The number of benzene rings is 3. The van der Waals surface area contributed by atoms with E-state index in [1.54, 1.807) is 18.2 Å². The number of hydrogen-bond acceptors (Lipinski definition) is 6. The number of thiazole rings is 1. The van der Waals surface area contributed by atoms with Gasteiger partial charge >= 0.3 is 10.1 Å². The molecule has 0 bridgehead atoms. The lowest BCUT2D eigenvalue weighted by Crippen LogP contribution is -2.05. The Kier molecular flexibility index (Phi) is 4.55. The first-order valence-corrected chi connectivity index (χ1v) is 10.8. The fourth-order valence-corrected chi connectivity index (χ4v) is 4.09. The third kappa shape index (κ3) is 4.27. The van der Waals surface area contributed by atoms with Crippen molar-refractivity contribution in [3.8, 4) is 16.3 Å². The number of nitrogens with zero attached hydrogens (tertiary/aromatic N) is 1. The third-order valence-electron chi connectivity index (χ3n) is 3.80. The SMILES string of the molecule is CS(=O)(=O)Oc1ccc2nc(-c3ccc(Nc4ccccc4)cc3)sc2c1. The first kappa shape index (κ1) is 17.5. The number of nitrogens with one attached hydrogen (secondary N) is 1. The molecule has 3 aromatic carbocycles. The minimum absolute atomic E-state index is 0.294. The minimum atomic E-state index is -3.54. The summed E-state index contributed by atoms with van der Waals surface area (Å²) in [5, 5.41) is 4.22. The van der Waals surface area contributed by atoms with Crippen molar-refractivity contribution in [3.05, 3.63) is 72.8 Å². The third-order valence-corrected chi connectivity index (χ3v) is 5.36. The van der Waals surface area contributed by atoms with E-state index in [9.17, 15) is 8.42 Å². The summed E-state index contributed by atoms with van der Waals surface area (Å²) in [4.78, 5) is 4.63. The topological polar surface area (TPSA) is 68.3 Å². The molecule has 7 heteroatoms. The van der Waals surface area contributed by atoms with Crippen molar-refractivity contribution in [3.63, 3.8) is 0 Å². The van der Waals surface area contributed by atoms with Crippen molar-refractivity contribution in [1.82, 2.24) is 4.98 Å². The molecule has 0 aliphatic carbocycles. The van der Waals surface area contributed by atoms with Crippen molar-refractivity contribution in [2.24, 2.45) is 0 Å². The molecular formula is C20H16N2O3S2. The molecule has 0 radical (unpaired) electrons. The summed E-state index contributed by atoms with van der Waals surface area (Å²) in [5.74, 6) is 0.294. The summed E-state index contributed by atoms with van der Waals surface area (Å²) in [6, 6.07) is 23.1. The van der Waals surface area contributed by atoms with Gasteiger partial charge in [-0.25, -0.2) is 4.98 Å². The van der Waals surface area contributed by atoms with Gasteiger partial charge in [-0.1, -0.05) is 18.2 Å². The molecule has 1 aromatic heterocycles. The van der Waals surface area contributed by atoms with Gasteiger partial charge in [-0.15, -0.1) is 11.3 Å². The average Bonchev–Trinajstić information content (AvgIpc) is 3.05. The number of para-hydroxylation sites is 1. The van der Waals surface area contributed by atoms with Crippen LogP contribution in [0, 0.1) is 0 Å². The molecule has 4 aromatic rings. The maximum absolute atomic E-state index is 11.3. The van der Waals surface area contributed by atoms with E-state index in [4.69, 9.17) is 4.18 Å². The minimum Gasteiger partial charge on any atom is -0.383 e. The predicted octanol–water partition coefficient (Wildman–Crippen LogP) is 5.05. The second-order valence-corrected chi connectivity index (χ2v) is 8.61. The molecule has 0 amide bonds. The molecule has 0 aliphatic heterocycles. The average molecular weight is 396 g/mol. The Balaban J connectivity index is 1.58. The summed E-state index contributed by atoms with van der Waals surface area (Å²) in [6.07, 6.45) is 1.03. The number of hydrogen-bond donors (Lipinski definition) is 1. The van der Waals surface area contributed by atoms with Crippen LogP contribution >= 0.6 is 11.3 Å². The molecule has 0 saturated heterocycles. The zero-order chi connectivity index (χ0) is 18.9. The molecule has 136 valence electrons. The first-order valence-electron chi connectivity index (χ1n) is 8.19. The highest BCUT2D eigenvalue weighted by Gasteiger charge is 2.10. The van der Waals surface area contributed by atoms with Crippen LogP contribution in [0.5, 0.6) is 5.75 Å². The van der Waals surface area contributed by atoms with Crippen molar-refractivity contribution >= 4 is 43.0 Å². The van der Waals surface area contributed by atoms with Crippen molar-refractivity contribution in [2.45, 2.75) is 0 Å². The molecule has 1 heterocycles. The van der Waals surface area contributed by atoms with E-state index in [0.717, 1.165) is 38.4 Å². The normalized spacial score (nSPS) is 11.4. The van der Waals surface area contributed by atoms with Crippen molar-refractivity contribution in [1.29, 1.82) is 0 Å². The van der Waals surface area contributed by atoms with E-state index in [0.29, 0.717) is 5.75 Å². The van der Waals surface area contributed by atoms with Gasteiger partial charge in [0.05, 0.1) is 16.5 Å². The van der Waals surface area contributed by atoms with Gasteiger partial charge in [0, 0.05) is 23.0 Å². The van der Waals surface area contributed by atoms with Crippen LogP contribution < -0.4 is 9.50 Å². The van der Waals surface area contributed by atoms with E-state index in [2.05, 4.69) is 10.3 Å². The fraction of sp³-hybridized carbons (Fsp3) is 0.0500. The lowest BCUT2D eigenvalue weighted by atomic mass is 10.2. The maximum atomic E-state index is 11.3. The summed E-state index contributed by atoms with van der Waals surface area (Å²) >= 11 is 1.49. The first-order chi connectivity index (χ1) is 13.0. The highest BCUT2D eigenvalue weighted by molar-refractivity contribution is 7.86. The zero-order valence-corrected chi connectivity index (χ0v) is 16.0. The van der Waals surface area contributed by atoms with Gasteiger partial charge in [0.2, 0.25) is 0 Å². The van der Waals surface area contributed by atoms with Crippen LogP contribution in [0.3, 0.4) is 0 Å². The molecule has 0 saturated carbocycles. The Morgan fingerprint density at radius 2 is 1.63 bits per heavy atom. The van der Waals surface area contributed by atoms with Gasteiger partial charge < -0.3 is 9.50 Å². The van der Waals surface area contributed by atoms with E-state index in [1.165, 1.54) is 11.3 Å². The van der Waals surface area contributed by atoms with E-state index in [-0.39, 0.29) is 0 Å². The van der Waals surface area contributed by atoms with Gasteiger partial charge in [-0.05, 0) is 48.5 Å². The van der Waals surface area contributed by atoms with Crippen LogP contribution in [0.25, 0.3) is 20.8 Å². The van der Waals surface area contributed by atoms with Crippen LogP contribution in [0.2, 0.25) is 0 Å². The molecule has 0 aliphatic rings. The Morgan fingerprint density at radius 1 is 0.926 bits per heavy atom. The number of anilines is 2.